The van der Waals surface area contributed by atoms with Gasteiger partial charge in [-0.3, -0.25) is 4.79 Å². The Kier molecular flexibility index (Phi) is 6.37. The molecule has 1 aromatic carbocycles. The Bertz CT molecular complexity index is 757. The number of nitrogens with zero attached hydrogens (tertiary/aromatic N) is 1. The van der Waals surface area contributed by atoms with Gasteiger partial charge >= 0.3 is 12.1 Å². The number of hydrogen-bond donors (Lipinski definition) is 1. The van der Waals surface area contributed by atoms with Gasteiger partial charge in [-0.25, -0.2) is 9.59 Å². The highest BCUT2D eigenvalue weighted by molar-refractivity contribution is 6.01. The summed E-state index contributed by atoms with van der Waals surface area (Å²) in [6.45, 7) is 5.22. The van der Waals surface area contributed by atoms with Gasteiger partial charge in [0.05, 0.1) is 27.9 Å². The molecule has 1 aliphatic rings. The van der Waals surface area contributed by atoms with Gasteiger partial charge in [0.15, 0.2) is 6.04 Å². The molecule has 0 spiro atoms. The molecule has 154 valence electrons. The van der Waals surface area contributed by atoms with E-state index in [0.29, 0.717) is 17.1 Å². The van der Waals surface area contributed by atoms with Crippen LogP contribution in [0.3, 0.4) is 0 Å². The number of rotatable bonds is 6. The van der Waals surface area contributed by atoms with Gasteiger partial charge in [-0.2, -0.15) is 0 Å². The lowest BCUT2D eigenvalue weighted by molar-refractivity contribution is -0.169. The Labute approximate surface area is 163 Å². The van der Waals surface area contributed by atoms with E-state index < -0.39 is 35.7 Å². The van der Waals surface area contributed by atoms with E-state index in [4.69, 9.17) is 18.9 Å². The number of ether oxygens (including phenoxy) is 4. The van der Waals surface area contributed by atoms with Crippen LogP contribution in [0.2, 0.25) is 0 Å². The number of methoxy groups -OCH3 is 3. The average molecular weight is 394 g/mol. The molecular formula is C19H26N2O7. The molecule has 1 heterocycles. The number of likely N-dealkylation sites (tertiary alicyclic amines) is 1. The first-order valence-corrected chi connectivity index (χ1v) is 8.70. The summed E-state index contributed by atoms with van der Waals surface area (Å²) in [6.07, 6.45) is -0.776. The molecule has 0 radical (unpaired) electrons. The summed E-state index contributed by atoms with van der Waals surface area (Å²) in [7, 11) is 4.26. The van der Waals surface area contributed by atoms with Crippen molar-refractivity contribution >= 4 is 18.0 Å². The quantitative estimate of drug-likeness (QED) is 0.576. The van der Waals surface area contributed by atoms with E-state index in [0.717, 1.165) is 0 Å². The number of benzene rings is 1. The van der Waals surface area contributed by atoms with Crippen LogP contribution in [0.1, 0.15) is 26.3 Å². The van der Waals surface area contributed by atoms with Crippen LogP contribution in [-0.4, -0.2) is 61.9 Å². The molecule has 1 aliphatic heterocycles. The molecule has 28 heavy (non-hydrogen) atoms. The number of amides is 2. The zero-order valence-electron chi connectivity index (χ0n) is 16.9. The van der Waals surface area contributed by atoms with Crippen molar-refractivity contribution in [3.63, 3.8) is 0 Å². The van der Waals surface area contributed by atoms with E-state index in [9.17, 15) is 14.4 Å². The normalized spacial score (nSPS) is 18.8. The first kappa shape index (κ1) is 21.3. The molecule has 0 saturated carbocycles. The summed E-state index contributed by atoms with van der Waals surface area (Å²) >= 11 is 0. The second kappa shape index (κ2) is 8.37. The monoisotopic (exact) mass is 394 g/mol. The Morgan fingerprint density at radius 3 is 2.36 bits per heavy atom. The van der Waals surface area contributed by atoms with E-state index in [1.54, 1.807) is 39.0 Å². The summed E-state index contributed by atoms with van der Waals surface area (Å²) in [4.78, 5) is 38.1. The third-order valence-corrected chi connectivity index (χ3v) is 4.15. The molecule has 1 N–H and O–H groups in total. The van der Waals surface area contributed by atoms with Gasteiger partial charge in [0.2, 0.25) is 5.91 Å². The van der Waals surface area contributed by atoms with Crippen LogP contribution in [-0.2, 0) is 25.6 Å². The van der Waals surface area contributed by atoms with E-state index in [2.05, 4.69) is 5.32 Å². The van der Waals surface area contributed by atoms with Crippen molar-refractivity contribution in [1.29, 1.82) is 0 Å². The molecule has 9 heteroatoms. The second-order valence-corrected chi connectivity index (χ2v) is 7.24. The minimum atomic E-state index is -1.05. The molecule has 1 fully saturated rings. The SMILES string of the molecule is COC(=O)[C@@H]1[C@H](NC(=O)OC(C)(C)C)C(=O)N1Cc1ccc(OC)cc1OC. The lowest BCUT2D eigenvalue weighted by atomic mass is 9.94. The van der Waals surface area contributed by atoms with Gasteiger partial charge in [0.25, 0.3) is 0 Å². The molecule has 1 aromatic rings. The molecular weight excluding hydrogens is 368 g/mol. The summed E-state index contributed by atoms with van der Waals surface area (Å²) in [5, 5.41) is 2.45. The maximum atomic E-state index is 12.6. The lowest BCUT2D eigenvalue weighted by Crippen LogP contribution is -2.73. The lowest BCUT2D eigenvalue weighted by Gasteiger charge is -2.45. The summed E-state index contributed by atoms with van der Waals surface area (Å²) in [5.74, 6) is 0.0658. The van der Waals surface area contributed by atoms with Crippen molar-refractivity contribution in [1.82, 2.24) is 10.2 Å². The van der Waals surface area contributed by atoms with Crippen LogP contribution in [0.25, 0.3) is 0 Å². The molecule has 2 atom stereocenters. The highest BCUT2D eigenvalue weighted by Crippen LogP contribution is 2.30. The van der Waals surface area contributed by atoms with Crippen LogP contribution in [0.4, 0.5) is 4.79 Å². The number of esters is 1. The smallest absolute Gasteiger partial charge is 0.408 e. The van der Waals surface area contributed by atoms with Gasteiger partial charge in [0, 0.05) is 11.6 Å². The zero-order chi connectivity index (χ0) is 21.1. The molecule has 0 unspecified atom stereocenters. The Balaban J connectivity index is 2.18. The molecule has 2 amide bonds. The number of hydrogen-bond acceptors (Lipinski definition) is 7. The van der Waals surface area contributed by atoms with Crippen LogP contribution in [0, 0.1) is 0 Å². The van der Waals surface area contributed by atoms with E-state index >= 15 is 0 Å². The van der Waals surface area contributed by atoms with Gasteiger partial charge in [0.1, 0.15) is 23.1 Å². The van der Waals surface area contributed by atoms with Crippen LogP contribution < -0.4 is 14.8 Å². The van der Waals surface area contributed by atoms with E-state index in [-0.39, 0.29) is 6.54 Å². The van der Waals surface area contributed by atoms with Gasteiger partial charge < -0.3 is 29.2 Å². The van der Waals surface area contributed by atoms with Crippen molar-refractivity contribution in [2.24, 2.45) is 0 Å². The number of carbonyl (C=O) groups is 3. The Morgan fingerprint density at radius 1 is 1.14 bits per heavy atom. The minimum absolute atomic E-state index is 0.109. The number of β-lactam (4-membered cyclic amide) rings is 1. The molecule has 1 saturated heterocycles. The van der Waals surface area contributed by atoms with Crippen LogP contribution >= 0.6 is 0 Å². The maximum absolute atomic E-state index is 12.6. The Morgan fingerprint density at radius 2 is 1.82 bits per heavy atom. The van der Waals surface area contributed by atoms with Crippen molar-refractivity contribution < 1.29 is 33.3 Å². The standard InChI is InChI=1S/C19H26N2O7/c1-19(2,3)28-18(24)20-14-15(17(23)27-6)21(16(14)22)10-11-7-8-12(25-4)9-13(11)26-5/h7-9,14-15H,10H2,1-6H3,(H,20,24)/t14-,15-/m0/s1. The molecule has 2 rings (SSSR count). The number of carbonyl (C=O) groups excluding carboxylic acids is 3. The fourth-order valence-electron chi connectivity index (χ4n) is 2.85. The molecule has 0 aliphatic carbocycles. The van der Waals surface area contributed by atoms with Crippen molar-refractivity contribution in [3.8, 4) is 11.5 Å². The summed E-state index contributed by atoms with van der Waals surface area (Å²) in [6, 6.07) is 3.14. The van der Waals surface area contributed by atoms with Crippen LogP contribution in [0.15, 0.2) is 18.2 Å². The topological polar surface area (TPSA) is 103 Å². The fourth-order valence-corrected chi connectivity index (χ4v) is 2.85. The number of alkyl carbamates (subject to hydrolysis) is 1. The molecule has 0 bridgehead atoms. The first-order valence-electron chi connectivity index (χ1n) is 8.70. The predicted molar refractivity (Wildman–Crippen MR) is 99.1 cm³/mol. The molecule has 9 nitrogen and oxygen atoms in total. The van der Waals surface area contributed by atoms with E-state index in [1.807, 2.05) is 0 Å². The Hall–Kier alpha value is -2.97. The fraction of sp³-hybridized carbons (Fsp3) is 0.526. The zero-order valence-corrected chi connectivity index (χ0v) is 16.9. The average Bonchev–Trinajstić information content (AvgIpc) is 2.64. The maximum Gasteiger partial charge on any atom is 0.408 e. The highest BCUT2D eigenvalue weighted by atomic mass is 16.6. The van der Waals surface area contributed by atoms with Gasteiger partial charge in [-0.05, 0) is 32.9 Å². The summed E-state index contributed by atoms with van der Waals surface area (Å²) in [5.41, 5.74) is -0.0467. The number of nitrogens with one attached hydrogen (secondary N) is 1. The second-order valence-electron chi connectivity index (χ2n) is 7.24. The van der Waals surface area contributed by atoms with Gasteiger partial charge in [-0.1, -0.05) is 0 Å². The van der Waals surface area contributed by atoms with Crippen LogP contribution in [0.5, 0.6) is 11.5 Å². The minimum Gasteiger partial charge on any atom is -0.497 e. The van der Waals surface area contributed by atoms with E-state index in [1.165, 1.54) is 26.2 Å². The van der Waals surface area contributed by atoms with Gasteiger partial charge in [-0.15, -0.1) is 0 Å². The molecule has 0 aromatic heterocycles. The third kappa shape index (κ3) is 4.65. The largest absolute Gasteiger partial charge is 0.497 e. The predicted octanol–water partition coefficient (Wildman–Crippen LogP) is 1.48. The van der Waals surface area contributed by atoms with Crippen molar-refractivity contribution in [2.45, 2.75) is 45.0 Å². The van der Waals surface area contributed by atoms with Crippen molar-refractivity contribution in [3.05, 3.63) is 23.8 Å². The first-order chi connectivity index (χ1) is 13.1. The summed E-state index contributed by atoms with van der Waals surface area (Å²) < 4.78 is 20.5. The third-order valence-electron chi connectivity index (χ3n) is 4.15. The highest BCUT2D eigenvalue weighted by Gasteiger charge is 2.53. The van der Waals surface area contributed by atoms with Crippen molar-refractivity contribution in [2.75, 3.05) is 21.3 Å².